The van der Waals surface area contributed by atoms with E-state index in [9.17, 15) is 9.59 Å². The second-order valence-corrected chi connectivity index (χ2v) is 4.07. The summed E-state index contributed by atoms with van der Waals surface area (Å²) >= 11 is 0. The molecule has 0 aliphatic heterocycles. The molecule has 0 fully saturated rings. The maximum atomic E-state index is 11.9. The van der Waals surface area contributed by atoms with Crippen molar-refractivity contribution in [3.8, 4) is 0 Å². The molecule has 0 radical (unpaired) electrons. The summed E-state index contributed by atoms with van der Waals surface area (Å²) in [6, 6.07) is 11.0. The zero-order valence-electron chi connectivity index (χ0n) is 9.68. The highest BCUT2D eigenvalue weighted by molar-refractivity contribution is 5.98. The van der Waals surface area contributed by atoms with Gasteiger partial charge in [-0.05, 0) is 22.9 Å². The quantitative estimate of drug-likeness (QED) is 0.346. The van der Waals surface area contributed by atoms with Crippen LogP contribution >= 0.6 is 0 Å². The van der Waals surface area contributed by atoms with Gasteiger partial charge in [0.2, 0.25) is 5.82 Å². The second-order valence-electron chi connectivity index (χ2n) is 4.07. The number of H-pyrrole nitrogens is 1. The molecule has 0 saturated heterocycles. The lowest BCUT2D eigenvalue weighted by atomic mass is 10.1. The van der Waals surface area contributed by atoms with Crippen LogP contribution in [0.2, 0.25) is 0 Å². The van der Waals surface area contributed by atoms with E-state index < -0.39 is 11.5 Å². The van der Waals surface area contributed by atoms with Gasteiger partial charge in [0.1, 0.15) is 0 Å². The summed E-state index contributed by atoms with van der Waals surface area (Å²) in [5, 5.41) is 10.8. The van der Waals surface area contributed by atoms with Crippen LogP contribution in [0.25, 0.3) is 21.7 Å². The number of nitrogens with zero attached hydrogens (tertiary/aromatic N) is 1. The average molecular weight is 255 g/mol. The van der Waals surface area contributed by atoms with Crippen LogP contribution in [0.3, 0.4) is 0 Å². The van der Waals surface area contributed by atoms with Crippen molar-refractivity contribution in [3.63, 3.8) is 0 Å². The second kappa shape index (κ2) is 4.18. The smallest absolute Gasteiger partial charge is 0.302 e. The predicted molar refractivity (Wildman–Crippen MR) is 69.1 cm³/mol. The zero-order chi connectivity index (χ0) is 13.4. The van der Waals surface area contributed by atoms with Gasteiger partial charge in [0.25, 0.3) is 5.56 Å². The molecule has 6 nitrogen and oxygen atoms in total. The molecule has 0 atom stereocenters. The Kier molecular flexibility index (Phi) is 2.50. The molecule has 0 bridgehead atoms. The molecule has 0 aliphatic rings. The minimum Gasteiger partial charge on any atom is -0.302 e. The molecule has 0 aliphatic carbocycles. The lowest BCUT2D eigenvalue weighted by Gasteiger charge is -2.03. The highest BCUT2D eigenvalue weighted by atomic mass is 16.5. The number of nitrogens with one attached hydrogen (secondary N) is 2. The van der Waals surface area contributed by atoms with Crippen LogP contribution in [0.1, 0.15) is 10.6 Å². The van der Waals surface area contributed by atoms with E-state index in [1.165, 1.54) is 5.48 Å². The fraction of sp³-hybridized carbons (Fsp3) is 0. The van der Waals surface area contributed by atoms with Gasteiger partial charge in [-0.15, -0.1) is 0 Å². The summed E-state index contributed by atoms with van der Waals surface area (Å²) < 4.78 is 0. The molecule has 3 N–H and O–H groups in total. The van der Waals surface area contributed by atoms with Crippen molar-refractivity contribution in [1.82, 2.24) is 15.4 Å². The molecule has 0 saturated carbocycles. The Morgan fingerprint density at radius 1 is 1.21 bits per heavy atom. The SMILES string of the molecule is O=C(NO)c1nc2cc3ccccc3cc2c(=O)[nH]1. The molecule has 94 valence electrons. The van der Waals surface area contributed by atoms with Crippen LogP contribution in [0, 0.1) is 0 Å². The highest BCUT2D eigenvalue weighted by Gasteiger charge is 2.11. The molecule has 6 heteroatoms. The lowest BCUT2D eigenvalue weighted by molar-refractivity contribution is 0.0695. The summed E-state index contributed by atoms with van der Waals surface area (Å²) in [5.41, 5.74) is 1.42. The van der Waals surface area contributed by atoms with Crippen LogP contribution in [-0.2, 0) is 0 Å². The number of carbonyl (C=O) groups is 1. The van der Waals surface area contributed by atoms with E-state index in [0.29, 0.717) is 10.9 Å². The summed E-state index contributed by atoms with van der Waals surface area (Å²) in [6.45, 7) is 0. The first-order valence-corrected chi connectivity index (χ1v) is 5.56. The molecule has 1 heterocycles. The summed E-state index contributed by atoms with van der Waals surface area (Å²) in [7, 11) is 0. The number of carbonyl (C=O) groups excluding carboxylic acids is 1. The number of amides is 1. The maximum Gasteiger partial charge on any atom is 0.310 e. The van der Waals surface area contributed by atoms with Crippen molar-refractivity contribution in [1.29, 1.82) is 0 Å². The number of fused-ring (bicyclic) bond motifs is 2. The number of hydroxylamine groups is 1. The van der Waals surface area contributed by atoms with Gasteiger partial charge in [-0.3, -0.25) is 14.8 Å². The number of rotatable bonds is 1. The van der Waals surface area contributed by atoms with E-state index in [1.807, 2.05) is 24.3 Å². The van der Waals surface area contributed by atoms with Gasteiger partial charge in [0.15, 0.2) is 0 Å². The van der Waals surface area contributed by atoms with Crippen molar-refractivity contribution < 1.29 is 10.0 Å². The Bertz CT molecular complexity index is 854. The van der Waals surface area contributed by atoms with Crippen molar-refractivity contribution >= 4 is 27.6 Å². The third-order valence-corrected chi connectivity index (χ3v) is 2.89. The summed E-state index contributed by atoms with van der Waals surface area (Å²) in [5.74, 6) is -1.08. The molecule has 1 amide bonds. The minimum absolute atomic E-state index is 0.227. The van der Waals surface area contributed by atoms with Crippen LogP contribution < -0.4 is 11.0 Å². The largest absolute Gasteiger partial charge is 0.310 e. The van der Waals surface area contributed by atoms with E-state index in [0.717, 1.165) is 10.8 Å². The molecule has 0 unspecified atom stereocenters. The number of aromatic amines is 1. The number of hydrogen-bond donors (Lipinski definition) is 3. The lowest BCUT2D eigenvalue weighted by Crippen LogP contribution is -2.25. The highest BCUT2D eigenvalue weighted by Crippen LogP contribution is 2.18. The van der Waals surface area contributed by atoms with E-state index in [1.54, 1.807) is 12.1 Å². The van der Waals surface area contributed by atoms with Crippen molar-refractivity contribution in [2.24, 2.45) is 0 Å². The third kappa shape index (κ3) is 1.84. The van der Waals surface area contributed by atoms with Gasteiger partial charge < -0.3 is 4.98 Å². The van der Waals surface area contributed by atoms with Crippen molar-refractivity contribution in [2.45, 2.75) is 0 Å². The first-order valence-electron chi connectivity index (χ1n) is 5.56. The Hall–Kier alpha value is -2.73. The average Bonchev–Trinajstić information content (AvgIpc) is 2.44. The number of hydrogen-bond acceptors (Lipinski definition) is 4. The molecule has 3 rings (SSSR count). The standard InChI is InChI=1S/C13H9N3O3/c17-12-9-5-7-3-1-2-4-8(7)6-10(9)14-11(15-12)13(18)16-19/h1-6,19H,(H,16,18)(H,14,15,17). The van der Waals surface area contributed by atoms with Crippen molar-refractivity contribution in [3.05, 3.63) is 52.6 Å². The topological polar surface area (TPSA) is 95.1 Å². The van der Waals surface area contributed by atoms with E-state index in [2.05, 4.69) is 9.97 Å². The molecule has 3 aromatic rings. The molecule has 2 aromatic carbocycles. The number of benzene rings is 2. The normalized spacial score (nSPS) is 10.8. The van der Waals surface area contributed by atoms with Gasteiger partial charge in [-0.25, -0.2) is 10.5 Å². The zero-order valence-corrected chi connectivity index (χ0v) is 9.68. The van der Waals surface area contributed by atoms with Gasteiger partial charge in [-0.2, -0.15) is 0 Å². The van der Waals surface area contributed by atoms with Gasteiger partial charge in [0, 0.05) is 0 Å². The molecule has 0 spiro atoms. The molecular formula is C13H9N3O3. The summed E-state index contributed by atoms with van der Waals surface area (Å²) in [4.78, 5) is 29.5. The third-order valence-electron chi connectivity index (χ3n) is 2.89. The molecule has 1 aromatic heterocycles. The molecular weight excluding hydrogens is 246 g/mol. The van der Waals surface area contributed by atoms with Gasteiger partial charge in [0.05, 0.1) is 10.9 Å². The Labute approximate surface area is 106 Å². The Morgan fingerprint density at radius 2 is 1.89 bits per heavy atom. The van der Waals surface area contributed by atoms with Crippen LogP contribution in [0.5, 0.6) is 0 Å². The van der Waals surface area contributed by atoms with Crippen molar-refractivity contribution in [2.75, 3.05) is 0 Å². The fourth-order valence-electron chi connectivity index (χ4n) is 1.99. The monoisotopic (exact) mass is 255 g/mol. The van der Waals surface area contributed by atoms with Gasteiger partial charge >= 0.3 is 5.91 Å². The Morgan fingerprint density at radius 3 is 2.58 bits per heavy atom. The first-order chi connectivity index (χ1) is 9.19. The number of aromatic nitrogens is 2. The molecule has 19 heavy (non-hydrogen) atoms. The van der Waals surface area contributed by atoms with Crippen LogP contribution in [0.4, 0.5) is 0 Å². The van der Waals surface area contributed by atoms with Crippen LogP contribution in [0.15, 0.2) is 41.2 Å². The fourth-order valence-corrected chi connectivity index (χ4v) is 1.99. The van der Waals surface area contributed by atoms with E-state index in [-0.39, 0.29) is 5.82 Å². The maximum absolute atomic E-state index is 11.9. The minimum atomic E-state index is -0.854. The first kappa shape index (κ1) is 11.4. The van der Waals surface area contributed by atoms with Gasteiger partial charge in [-0.1, -0.05) is 24.3 Å². The van der Waals surface area contributed by atoms with Crippen LogP contribution in [-0.4, -0.2) is 21.1 Å². The summed E-state index contributed by atoms with van der Waals surface area (Å²) in [6.07, 6.45) is 0. The Balaban J connectivity index is 2.38. The van der Waals surface area contributed by atoms with E-state index in [4.69, 9.17) is 5.21 Å². The predicted octanol–water partition coefficient (Wildman–Crippen LogP) is 1.20. The van der Waals surface area contributed by atoms with E-state index >= 15 is 0 Å².